The third-order valence-electron chi connectivity index (χ3n) is 4.30. The summed E-state index contributed by atoms with van der Waals surface area (Å²) in [4.78, 5) is 18.9. The maximum absolute atomic E-state index is 13.3. The lowest BCUT2D eigenvalue weighted by molar-refractivity contribution is -0.136. The molecule has 1 aromatic carbocycles. The molecule has 4 aromatic rings. The lowest BCUT2D eigenvalue weighted by Crippen LogP contribution is -2.11. The number of hydrogen-bond donors (Lipinski definition) is 2. The largest absolute Gasteiger partial charge is 0.418 e. The minimum absolute atomic E-state index is 0.0181. The van der Waals surface area contributed by atoms with Gasteiger partial charge >= 0.3 is 6.18 Å². The SMILES string of the molecule is Cc1[nH]c2ncc(-c3ccc4[nH]n(C)c(=O)c4c3)cc2c1C(F)(F)F. The van der Waals surface area contributed by atoms with Crippen LogP contribution >= 0.6 is 0 Å². The molecule has 8 heteroatoms. The number of halogens is 3. The van der Waals surface area contributed by atoms with Crippen LogP contribution < -0.4 is 5.56 Å². The molecule has 3 heterocycles. The van der Waals surface area contributed by atoms with E-state index in [9.17, 15) is 18.0 Å². The monoisotopic (exact) mass is 346 g/mol. The third kappa shape index (κ3) is 2.33. The van der Waals surface area contributed by atoms with Crippen LogP contribution in [0.2, 0.25) is 0 Å². The number of aromatic nitrogens is 4. The fraction of sp³-hybridized carbons (Fsp3) is 0.176. The van der Waals surface area contributed by atoms with E-state index in [1.807, 2.05) is 0 Å². The van der Waals surface area contributed by atoms with Crippen molar-refractivity contribution in [1.29, 1.82) is 0 Å². The molecule has 0 unspecified atom stereocenters. The molecule has 0 saturated carbocycles. The van der Waals surface area contributed by atoms with E-state index >= 15 is 0 Å². The van der Waals surface area contributed by atoms with E-state index in [4.69, 9.17) is 0 Å². The summed E-state index contributed by atoms with van der Waals surface area (Å²) < 4.78 is 41.3. The first-order valence-corrected chi connectivity index (χ1v) is 7.50. The molecule has 4 rings (SSSR count). The van der Waals surface area contributed by atoms with Gasteiger partial charge in [0, 0.05) is 29.9 Å². The van der Waals surface area contributed by atoms with Gasteiger partial charge in [0.25, 0.3) is 5.56 Å². The number of nitrogens with zero attached hydrogens (tertiary/aromatic N) is 2. The minimum atomic E-state index is -4.47. The normalized spacial score (nSPS) is 12.4. The molecule has 0 aliphatic carbocycles. The number of alkyl halides is 3. The molecule has 0 amide bonds. The predicted octanol–water partition coefficient (Wildman–Crippen LogP) is 3.74. The van der Waals surface area contributed by atoms with Crippen LogP contribution in [0.15, 0.2) is 35.3 Å². The molecule has 0 radical (unpaired) electrons. The summed E-state index contributed by atoms with van der Waals surface area (Å²) >= 11 is 0. The maximum Gasteiger partial charge on any atom is 0.418 e. The van der Waals surface area contributed by atoms with E-state index in [0.29, 0.717) is 22.0 Å². The Morgan fingerprint density at radius 3 is 2.56 bits per heavy atom. The number of H-pyrrole nitrogens is 2. The van der Waals surface area contributed by atoms with Crippen LogP contribution in [0.5, 0.6) is 0 Å². The molecule has 0 atom stereocenters. The molecule has 0 spiro atoms. The van der Waals surface area contributed by atoms with Crippen LogP contribution in [0, 0.1) is 6.92 Å². The number of pyridine rings is 1. The van der Waals surface area contributed by atoms with Crippen molar-refractivity contribution in [1.82, 2.24) is 19.7 Å². The first-order chi connectivity index (χ1) is 11.8. The van der Waals surface area contributed by atoms with Crippen LogP contribution in [-0.2, 0) is 13.2 Å². The van der Waals surface area contributed by atoms with Crippen molar-refractivity contribution in [3.8, 4) is 11.1 Å². The molecule has 0 aliphatic heterocycles. The Balaban J connectivity index is 1.95. The zero-order valence-corrected chi connectivity index (χ0v) is 13.3. The van der Waals surface area contributed by atoms with E-state index < -0.39 is 11.7 Å². The molecule has 128 valence electrons. The number of aromatic amines is 2. The average Bonchev–Trinajstić information content (AvgIpc) is 3.02. The van der Waals surface area contributed by atoms with Gasteiger partial charge < -0.3 is 4.98 Å². The number of aryl methyl sites for hydroxylation is 2. The highest BCUT2D eigenvalue weighted by Gasteiger charge is 2.36. The number of nitrogens with one attached hydrogen (secondary N) is 2. The molecule has 2 N–H and O–H groups in total. The zero-order valence-electron chi connectivity index (χ0n) is 13.3. The Kier molecular flexibility index (Phi) is 3.09. The molecular weight excluding hydrogens is 333 g/mol. The maximum atomic E-state index is 13.3. The first-order valence-electron chi connectivity index (χ1n) is 7.50. The van der Waals surface area contributed by atoms with Gasteiger partial charge in [-0.05, 0) is 30.7 Å². The minimum Gasteiger partial charge on any atom is -0.343 e. The van der Waals surface area contributed by atoms with E-state index in [2.05, 4.69) is 15.1 Å². The van der Waals surface area contributed by atoms with Crippen molar-refractivity contribution in [2.45, 2.75) is 13.1 Å². The molecular formula is C17H13F3N4O. The van der Waals surface area contributed by atoms with Crippen molar-refractivity contribution in [3.63, 3.8) is 0 Å². The Hall–Kier alpha value is -3.03. The summed E-state index contributed by atoms with van der Waals surface area (Å²) in [6.45, 7) is 1.37. The van der Waals surface area contributed by atoms with Gasteiger partial charge in [-0.25, -0.2) is 4.98 Å². The lowest BCUT2D eigenvalue weighted by Gasteiger charge is -2.07. The summed E-state index contributed by atoms with van der Waals surface area (Å²) in [7, 11) is 1.60. The first kappa shape index (κ1) is 15.5. The van der Waals surface area contributed by atoms with E-state index in [-0.39, 0.29) is 22.3 Å². The van der Waals surface area contributed by atoms with Crippen LogP contribution in [-0.4, -0.2) is 19.7 Å². The number of fused-ring (bicyclic) bond motifs is 2. The van der Waals surface area contributed by atoms with Gasteiger partial charge in [-0.3, -0.25) is 14.6 Å². The van der Waals surface area contributed by atoms with E-state index in [1.54, 1.807) is 25.2 Å². The Morgan fingerprint density at radius 1 is 1.12 bits per heavy atom. The second kappa shape index (κ2) is 4.98. The molecule has 25 heavy (non-hydrogen) atoms. The molecule has 3 aromatic heterocycles. The average molecular weight is 346 g/mol. The summed E-state index contributed by atoms with van der Waals surface area (Å²) in [6, 6.07) is 6.58. The molecule has 0 fully saturated rings. The smallest absolute Gasteiger partial charge is 0.343 e. The van der Waals surface area contributed by atoms with Crippen LogP contribution in [0.25, 0.3) is 33.1 Å². The standard InChI is InChI=1S/C17H13F3N4O/c1-8-14(17(18,19)20)12-6-10(7-21-15(12)22-8)9-3-4-13-11(5-9)16(25)24(2)23-13/h3-7,23H,1-2H3,(H,21,22). The van der Waals surface area contributed by atoms with Gasteiger partial charge in [0.15, 0.2) is 0 Å². The second-order valence-corrected chi connectivity index (χ2v) is 5.98. The summed E-state index contributed by atoms with van der Waals surface area (Å²) in [6.07, 6.45) is -2.97. The summed E-state index contributed by atoms with van der Waals surface area (Å²) in [5.74, 6) is 0. The third-order valence-corrected chi connectivity index (χ3v) is 4.30. The fourth-order valence-electron chi connectivity index (χ4n) is 3.13. The van der Waals surface area contributed by atoms with Crippen molar-refractivity contribution < 1.29 is 13.2 Å². The quantitative estimate of drug-likeness (QED) is 0.551. The molecule has 0 saturated heterocycles. The number of benzene rings is 1. The van der Waals surface area contributed by atoms with Gasteiger partial charge in [0.2, 0.25) is 0 Å². The lowest BCUT2D eigenvalue weighted by atomic mass is 10.0. The molecule has 0 aliphatic rings. The van der Waals surface area contributed by atoms with Gasteiger partial charge in [0.05, 0.1) is 16.5 Å². The number of rotatable bonds is 1. The van der Waals surface area contributed by atoms with Crippen LogP contribution in [0.3, 0.4) is 0 Å². The highest BCUT2D eigenvalue weighted by atomic mass is 19.4. The topological polar surface area (TPSA) is 66.5 Å². The summed E-state index contributed by atoms with van der Waals surface area (Å²) in [5, 5.41) is 3.39. The number of hydrogen-bond acceptors (Lipinski definition) is 2. The van der Waals surface area contributed by atoms with Crippen LogP contribution in [0.4, 0.5) is 13.2 Å². The fourth-order valence-corrected chi connectivity index (χ4v) is 3.13. The Morgan fingerprint density at radius 2 is 1.84 bits per heavy atom. The van der Waals surface area contributed by atoms with E-state index in [0.717, 1.165) is 0 Å². The Labute approximate surface area is 139 Å². The Bertz CT molecular complexity index is 1180. The van der Waals surface area contributed by atoms with Gasteiger partial charge in [-0.15, -0.1) is 0 Å². The van der Waals surface area contributed by atoms with Gasteiger partial charge in [0.1, 0.15) is 5.65 Å². The van der Waals surface area contributed by atoms with E-state index in [1.165, 1.54) is 23.9 Å². The van der Waals surface area contributed by atoms with Crippen LogP contribution in [0.1, 0.15) is 11.3 Å². The predicted molar refractivity (Wildman–Crippen MR) is 88.4 cm³/mol. The highest BCUT2D eigenvalue weighted by molar-refractivity contribution is 5.89. The molecule has 0 bridgehead atoms. The molecule has 5 nitrogen and oxygen atoms in total. The van der Waals surface area contributed by atoms with Crippen molar-refractivity contribution in [2.75, 3.05) is 0 Å². The van der Waals surface area contributed by atoms with Crippen molar-refractivity contribution >= 4 is 21.9 Å². The summed E-state index contributed by atoms with van der Waals surface area (Å²) in [5.41, 5.74) is 1.12. The zero-order chi connectivity index (χ0) is 17.9. The highest BCUT2D eigenvalue weighted by Crippen LogP contribution is 2.38. The second-order valence-electron chi connectivity index (χ2n) is 5.98. The van der Waals surface area contributed by atoms with Crippen molar-refractivity contribution in [3.05, 3.63) is 52.1 Å². The van der Waals surface area contributed by atoms with Gasteiger partial charge in [-0.1, -0.05) is 6.07 Å². The van der Waals surface area contributed by atoms with Crippen molar-refractivity contribution in [2.24, 2.45) is 7.05 Å². The van der Waals surface area contributed by atoms with Gasteiger partial charge in [-0.2, -0.15) is 13.2 Å².